The highest BCUT2D eigenvalue weighted by atomic mass is 32.1. The number of carboxylic acid groups (broad SMARTS) is 1. The molecule has 3 rings (SSSR count). The third kappa shape index (κ3) is 3.16. The zero-order valence-electron chi connectivity index (χ0n) is 12.8. The standard InChI is InChI=1S/C16H22N2O3S/c1-9-6-7-12-13(8-9)22-16(17-12)18-14(19)10-4-2-3-5-11(10)15(20)21/h9-11H,2-8H2,1H3,(H,20,21)(H,17,18,19). The van der Waals surface area contributed by atoms with E-state index in [0.29, 0.717) is 23.9 Å². The highest BCUT2D eigenvalue weighted by molar-refractivity contribution is 7.15. The maximum Gasteiger partial charge on any atom is 0.307 e. The number of nitrogens with zero attached hydrogens (tertiary/aromatic N) is 1. The van der Waals surface area contributed by atoms with Crippen LogP contribution in [0.25, 0.3) is 0 Å². The molecule has 22 heavy (non-hydrogen) atoms. The van der Waals surface area contributed by atoms with Crippen LogP contribution in [0.2, 0.25) is 0 Å². The van der Waals surface area contributed by atoms with Crippen LogP contribution in [0.1, 0.15) is 49.6 Å². The van der Waals surface area contributed by atoms with Gasteiger partial charge in [0.1, 0.15) is 0 Å². The van der Waals surface area contributed by atoms with E-state index in [4.69, 9.17) is 0 Å². The van der Waals surface area contributed by atoms with Crippen molar-refractivity contribution < 1.29 is 14.7 Å². The van der Waals surface area contributed by atoms with Gasteiger partial charge < -0.3 is 10.4 Å². The van der Waals surface area contributed by atoms with Crippen LogP contribution < -0.4 is 5.32 Å². The van der Waals surface area contributed by atoms with E-state index in [-0.39, 0.29) is 5.91 Å². The molecule has 2 aliphatic rings. The van der Waals surface area contributed by atoms with Gasteiger partial charge in [-0.3, -0.25) is 9.59 Å². The molecular formula is C16H22N2O3S. The molecule has 1 saturated carbocycles. The Morgan fingerprint density at radius 1 is 1.23 bits per heavy atom. The topological polar surface area (TPSA) is 79.3 Å². The minimum absolute atomic E-state index is 0.175. The Morgan fingerprint density at radius 3 is 2.68 bits per heavy atom. The molecule has 1 amide bonds. The summed E-state index contributed by atoms with van der Waals surface area (Å²) in [6.07, 6.45) is 6.23. The summed E-state index contributed by atoms with van der Waals surface area (Å²) >= 11 is 1.55. The number of carbonyl (C=O) groups is 2. The van der Waals surface area contributed by atoms with Gasteiger partial charge in [-0.05, 0) is 38.0 Å². The second-order valence-corrected chi connectivity index (χ2v) is 7.65. The van der Waals surface area contributed by atoms with E-state index >= 15 is 0 Å². The second kappa shape index (κ2) is 6.36. The molecule has 0 spiro atoms. The Labute approximate surface area is 134 Å². The van der Waals surface area contributed by atoms with Crippen LogP contribution in [0.15, 0.2) is 0 Å². The number of anilines is 1. The fourth-order valence-corrected chi connectivity index (χ4v) is 4.71. The summed E-state index contributed by atoms with van der Waals surface area (Å²) in [5.41, 5.74) is 1.11. The van der Waals surface area contributed by atoms with E-state index in [0.717, 1.165) is 37.8 Å². The first-order valence-corrected chi connectivity index (χ1v) is 8.88. The Morgan fingerprint density at radius 2 is 1.95 bits per heavy atom. The monoisotopic (exact) mass is 322 g/mol. The highest BCUT2D eigenvalue weighted by Crippen LogP contribution is 2.34. The van der Waals surface area contributed by atoms with Gasteiger partial charge in [-0.1, -0.05) is 19.8 Å². The first-order chi connectivity index (χ1) is 10.5. The van der Waals surface area contributed by atoms with Gasteiger partial charge in [0.25, 0.3) is 0 Å². The number of hydrogen-bond donors (Lipinski definition) is 2. The first-order valence-electron chi connectivity index (χ1n) is 8.07. The summed E-state index contributed by atoms with van der Waals surface area (Å²) in [5.74, 6) is -1.33. The van der Waals surface area contributed by atoms with Crippen molar-refractivity contribution in [1.82, 2.24) is 4.98 Å². The van der Waals surface area contributed by atoms with E-state index in [2.05, 4.69) is 17.2 Å². The quantitative estimate of drug-likeness (QED) is 0.896. The van der Waals surface area contributed by atoms with E-state index < -0.39 is 17.8 Å². The van der Waals surface area contributed by atoms with Crippen LogP contribution >= 0.6 is 11.3 Å². The lowest BCUT2D eigenvalue weighted by Crippen LogP contribution is -2.36. The molecule has 0 bridgehead atoms. The largest absolute Gasteiger partial charge is 0.481 e. The van der Waals surface area contributed by atoms with E-state index in [1.165, 1.54) is 4.88 Å². The molecule has 1 fully saturated rings. The van der Waals surface area contributed by atoms with Crippen LogP contribution in [-0.2, 0) is 22.4 Å². The van der Waals surface area contributed by atoms with Crippen molar-refractivity contribution in [3.05, 3.63) is 10.6 Å². The SMILES string of the molecule is CC1CCc2nc(NC(=O)C3CCCCC3C(=O)O)sc2C1. The molecule has 3 unspecified atom stereocenters. The van der Waals surface area contributed by atoms with Crippen LogP contribution in [0.5, 0.6) is 0 Å². The Kier molecular flexibility index (Phi) is 4.47. The van der Waals surface area contributed by atoms with E-state index in [1.807, 2.05) is 0 Å². The van der Waals surface area contributed by atoms with E-state index in [1.54, 1.807) is 11.3 Å². The molecule has 0 radical (unpaired) electrons. The summed E-state index contributed by atoms with van der Waals surface area (Å²) < 4.78 is 0. The summed E-state index contributed by atoms with van der Waals surface area (Å²) in [7, 11) is 0. The van der Waals surface area contributed by atoms with Gasteiger partial charge in [0.15, 0.2) is 5.13 Å². The maximum absolute atomic E-state index is 12.5. The fraction of sp³-hybridized carbons (Fsp3) is 0.688. The van der Waals surface area contributed by atoms with Gasteiger partial charge in [-0.25, -0.2) is 4.98 Å². The molecule has 1 aromatic heterocycles. The molecule has 1 aromatic rings. The average Bonchev–Trinajstić information content (AvgIpc) is 2.88. The van der Waals surface area contributed by atoms with Gasteiger partial charge in [-0.2, -0.15) is 0 Å². The zero-order chi connectivity index (χ0) is 15.7. The molecular weight excluding hydrogens is 300 g/mol. The predicted octanol–water partition coefficient (Wildman–Crippen LogP) is 3.10. The summed E-state index contributed by atoms with van der Waals surface area (Å²) in [6, 6.07) is 0. The summed E-state index contributed by atoms with van der Waals surface area (Å²) in [4.78, 5) is 29.6. The molecule has 0 aromatic carbocycles. The molecule has 1 heterocycles. The Bertz CT molecular complexity index is 584. The van der Waals surface area contributed by atoms with Crippen LogP contribution in [0, 0.1) is 17.8 Å². The van der Waals surface area contributed by atoms with Crippen LogP contribution in [-0.4, -0.2) is 22.0 Å². The van der Waals surface area contributed by atoms with Gasteiger partial charge in [-0.15, -0.1) is 11.3 Å². The number of amides is 1. The average molecular weight is 322 g/mol. The number of carboxylic acids is 1. The predicted molar refractivity (Wildman–Crippen MR) is 85.0 cm³/mol. The Hall–Kier alpha value is -1.43. The zero-order valence-corrected chi connectivity index (χ0v) is 13.6. The fourth-order valence-electron chi connectivity index (χ4n) is 3.53. The molecule has 0 aliphatic heterocycles. The van der Waals surface area contributed by atoms with Crippen molar-refractivity contribution in [2.45, 2.75) is 51.9 Å². The number of aryl methyl sites for hydroxylation is 1. The third-order valence-electron chi connectivity index (χ3n) is 4.84. The van der Waals surface area contributed by atoms with Crippen molar-refractivity contribution in [3.63, 3.8) is 0 Å². The van der Waals surface area contributed by atoms with Gasteiger partial charge in [0, 0.05) is 4.88 Å². The van der Waals surface area contributed by atoms with Crippen molar-refractivity contribution in [2.24, 2.45) is 17.8 Å². The number of hydrogen-bond acceptors (Lipinski definition) is 4. The first kappa shape index (κ1) is 15.5. The molecule has 3 atom stereocenters. The maximum atomic E-state index is 12.5. The number of carbonyl (C=O) groups excluding carboxylic acids is 1. The summed E-state index contributed by atoms with van der Waals surface area (Å²) in [5, 5.41) is 12.8. The van der Waals surface area contributed by atoms with Crippen LogP contribution in [0.4, 0.5) is 5.13 Å². The highest BCUT2D eigenvalue weighted by Gasteiger charge is 2.36. The molecule has 0 saturated heterocycles. The number of thiazole rings is 1. The van der Waals surface area contributed by atoms with Crippen molar-refractivity contribution in [2.75, 3.05) is 5.32 Å². The van der Waals surface area contributed by atoms with Gasteiger partial charge in [0.2, 0.25) is 5.91 Å². The minimum atomic E-state index is -0.855. The number of rotatable bonds is 3. The van der Waals surface area contributed by atoms with Gasteiger partial charge in [0.05, 0.1) is 17.5 Å². The lowest BCUT2D eigenvalue weighted by atomic mass is 9.79. The normalized spacial score (nSPS) is 28.0. The molecule has 5 nitrogen and oxygen atoms in total. The lowest BCUT2D eigenvalue weighted by Gasteiger charge is -2.26. The third-order valence-corrected chi connectivity index (χ3v) is 5.87. The van der Waals surface area contributed by atoms with E-state index in [9.17, 15) is 14.7 Å². The number of aromatic nitrogens is 1. The van der Waals surface area contributed by atoms with Gasteiger partial charge >= 0.3 is 5.97 Å². The molecule has 2 N–H and O–H groups in total. The number of nitrogens with one attached hydrogen (secondary N) is 1. The van der Waals surface area contributed by atoms with Crippen LogP contribution in [0.3, 0.4) is 0 Å². The second-order valence-electron chi connectivity index (χ2n) is 6.56. The van der Waals surface area contributed by atoms with Crippen molar-refractivity contribution in [3.8, 4) is 0 Å². The summed E-state index contributed by atoms with van der Waals surface area (Å²) in [6.45, 7) is 2.24. The molecule has 120 valence electrons. The van der Waals surface area contributed by atoms with Crippen molar-refractivity contribution >= 4 is 28.3 Å². The number of aliphatic carboxylic acids is 1. The Balaban J connectivity index is 1.70. The minimum Gasteiger partial charge on any atom is -0.481 e. The van der Waals surface area contributed by atoms with Crippen molar-refractivity contribution in [1.29, 1.82) is 0 Å². The lowest BCUT2D eigenvalue weighted by molar-refractivity contribution is -0.147. The molecule has 6 heteroatoms. The molecule has 2 aliphatic carbocycles. The smallest absolute Gasteiger partial charge is 0.307 e. The number of fused-ring (bicyclic) bond motifs is 1.